The second kappa shape index (κ2) is 8.92. The molecule has 2 saturated carbocycles. The van der Waals surface area contributed by atoms with E-state index < -0.39 is 11.8 Å². The lowest BCUT2D eigenvalue weighted by molar-refractivity contribution is -0.258. The van der Waals surface area contributed by atoms with Crippen molar-refractivity contribution in [2.24, 2.45) is 5.41 Å². The van der Waals surface area contributed by atoms with Crippen molar-refractivity contribution in [2.75, 3.05) is 19.6 Å². The van der Waals surface area contributed by atoms with Crippen molar-refractivity contribution in [3.63, 3.8) is 0 Å². The van der Waals surface area contributed by atoms with Gasteiger partial charge in [0, 0.05) is 43.7 Å². The van der Waals surface area contributed by atoms with Crippen molar-refractivity contribution in [3.8, 4) is 6.07 Å². The first-order chi connectivity index (χ1) is 15.6. The number of piperidine rings is 1. The molecule has 1 aromatic rings. The number of aliphatic hydroxyl groups is 1. The van der Waals surface area contributed by atoms with Crippen LogP contribution < -0.4 is 0 Å². The second-order valence-corrected chi connectivity index (χ2v) is 10.3. The van der Waals surface area contributed by atoms with E-state index in [1.165, 1.54) is 30.7 Å². The minimum absolute atomic E-state index is 0.118. The van der Waals surface area contributed by atoms with Crippen molar-refractivity contribution in [3.05, 3.63) is 35.4 Å². The van der Waals surface area contributed by atoms with E-state index >= 15 is 0 Å². The number of nitriles is 1. The minimum atomic E-state index is -4.79. The van der Waals surface area contributed by atoms with Crippen LogP contribution >= 0.6 is 0 Å². The fourth-order valence-corrected chi connectivity index (χ4v) is 5.30. The van der Waals surface area contributed by atoms with Crippen LogP contribution in [0.3, 0.4) is 0 Å². The lowest BCUT2D eigenvalue weighted by Gasteiger charge is -2.46. The van der Waals surface area contributed by atoms with Crippen molar-refractivity contribution in [1.82, 2.24) is 9.80 Å². The lowest BCUT2D eigenvalue weighted by atomic mass is 9.66. The molecule has 0 spiro atoms. The number of hydrogen-bond acceptors (Lipinski definition) is 4. The van der Waals surface area contributed by atoms with Gasteiger partial charge in [0.15, 0.2) is 5.60 Å². The summed E-state index contributed by atoms with van der Waals surface area (Å²) in [5.41, 5.74) is -2.73. The number of nitrogens with zero attached hydrogens (tertiary/aromatic N) is 3. The Labute approximate surface area is 193 Å². The number of hydrogen-bond donors (Lipinski definition) is 1. The summed E-state index contributed by atoms with van der Waals surface area (Å²) in [6.45, 7) is 3.45. The molecular weight excluding hydrogens is 431 g/mol. The number of halogens is 3. The molecule has 1 saturated heterocycles. The third-order valence-electron chi connectivity index (χ3n) is 7.80. The topological polar surface area (TPSA) is 67.6 Å². The van der Waals surface area contributed by atoms with Gasteiger partial charge in [-0.1, -0.05) is 18.6 Å². The molecular formula is C25H32F3N3O2. The number of benzene rings is 1. The molecule has 180 valence electrons. The van der Waals surface area contributed by atoms with Crippen molar-refractivity contribution >= 4 is 5.91 Å². The third kappa shape index (κ3) is 4.90. The van der Waals surface area contributed by atoms with Crippen molar-refractivity contribution in [1.29, 1.82) is 5.26 Å². The second-order valence-electron chi connectivity index (χ2n) is 10.3. The predicted octanol–water partition coefficient (Wildman–Crippen LogP) is 4.61. The highest BCUT2D eigenvalue weighted by molar-refractivity contribution is 5.95. The van der Waals surface area contributed by atoms with Crippen LogP contribution in [-0.4, -0.2) is 58.7 Å². The van der Waals surface area contributed by atoms with Crippen LogP contribution in [0.25, 0.3) is 0 Å². The average molecular weight is 464 g/mol. The molecule has 5 nitrogen and oxygen atoms in total. The Hall–Kier alpha value is -2.11. The van der Waals surface area contributed by atoms with Gasteiger partial charge in [-0.05, 0) is 68.6 Å². The molecule has 1 atom stereocenters. The van der Waals surface area contributed by atoms with E-state index in [0.29, 0.717) is 12.0 Å². The number of carbonyl (C=O) groups excluding carboxylic acids is 1. The molecule has 1 aliphatic heterocycles. The summed E-state index contributed by atoms with van der Waals surface area (Å²) in [6, 6.07) is 7.84. The fraction of sp³-hybridized carbons (Fsp3) is 0.680. The van der Waals surface area contributed by atoms with Gasteiger partial charge in [0.25, 0.3) is 5.91 Å². The zero-order chi connectivity index (χ0) is 23.9. The average Bonchev–Trinajstić information content (AvgIpc) is 3.58. The van der Waals surface area contributed by atoms with Gasteiger partial charge in [0.2, 0.25) is 0 Å². The van der Waals surface area contributed by atoms with Gasteiger partial charge in [0.1, 0.15) is 0 Å². The minimum Gasteiger partial charge on any atom is -0.376 e. The first kappa shape index (κ1) is 24.0. The van der Waals surface area contributed by atoms with Crippen LogP contribution in [0.2, 0.25) is 0 Å². The maximum atomic E-state index is 13.3. The van der Waals surface area contributed by atoms with Gasteiger partial charge in [0.05, 0.1) is 6.07 Å². The smallest absolute Gasteiger partial charge is 0.376 e. The molecule has 3 aliphatic rings. The maximum Gasteiger partial charge on any atom is 0.421 e. The number of alkyl halides is 3. The van der Waals surface area contributed by atoms with E-state index in [4.69, 9.17) is 5.26 Å². The molecule has 3 fully saturated rings. The molecule has 2 aliphatic carbocycles. The molecule has 1 N–H and O–H groups in total. The van der Waals surface area contributed by atoms with Gasteiger partial charge in [-0.3, -0.25) is 4.79 Å². The molecule has 1 amide bonds. The van der Waals surface area contributed by atoms with E-state index in [-0.39, 0.29) is 29.0 Å². The highest BCUT2D eigenvalue weighted by Crippen LogP contribution is 2.45. The molecule has 8 heteroatoms. The van der Waals surface area contributed by atoms with Crippen LogP contribution in [0.1, 0.15) is 74.2 Å². The zero-order valence-corrected chi connectivity index (χ0v) is 19.1. The monoisotopic (exact) mass is 463 g/mol. The molecule has 0 bridgehead atoms. The van der Waals surface area contributed by atoms with Crippen LogP contribution in [0.5, 0.6) is 0 Å². The maximum absolute atomic E-state index is 13.3. The summed E-state index contributed by atoms with van der Waals surface area (Å²) in [4.78, 5) is 17.7. The van der Waals surface area contributed by atoms with E-state index in [0.717, 1.165) is 65.1 Å². The Morgan fingerprint density at radius 2 is 1.73 bits per heavy atom. The van der Waals surface area contributed by atoms with Gasteiger partial charge in [-0.15, -0.1) is 0 Å². The quantitative estimate of drug-likeness (QED) is 0.641. The lowest BCUT2D eigenvalue weighted by Crippen LogP contribution is -2.51. The van der Waals surface area contributed by atoms with Gasteiger partial charge in [-0.2, -0.15) is 18.4 Å². The van der Waals surface area contributed by atoms with Crippen molar-refractivity contribution in [2.45, 2.75) is 82.2 Å². The Bertz CT molecular complexity index is 891. The van der Waals surface area contributed by atoms with Gasteiger partial charge >= 0.3 is 6.18 Å². The number of carbonyl (C=O) groups is 1. The van der Waals surface area contributed by atoms with E-state index in [1.807, 2.05) is 4.90 Å². The SMILES string of the molecule is C[C@](O)(c1ccc(C(=O)N(C2CC2)C2CCN(CC3(CC#N)CCC3)CC2)cc1)C(F)(F)F. The Morgan fingerprint density at radius 3 is 2.18 bits per heavy atom. The van der Waals surface area contributed by atoms with E-state index in [2.05, 4.69) is 11.0 Å². The first-order valence-corrected chi connectivity index (χ1v) is 11.9. The zero-order valence-electron chi connectivity index (χ0n) is 19.1. The molecule has 1 heterocycles. The predicted molar refractivity (Wildman–Crippen MR) is 117 cm³/mol. The molecule has 33 heavy (non-hydrogen) atoms. The van der Waals surface area contributed by atoms with E-state index in [9.17, 15) is 23.1 Å². The van der Waals surface area contributed by atoms with Gasteiger partial charge < -0.3 is 14.9 Å². The largest absolute Gasteiger partial charge is 0.421 e. The van der Waals surface area contributed by atoms with Crippen LogP contribution in [0.15, 0.2) is 24.3 Å². The summed E-state index contributed by atoms with van der Waals surface area (Å²) in [6.07, 6.45) is 2.89. The number of likely N-dealkylation sites (tertiary alicyclic amines) is 1. The first-order valence-electron chi connectivity index (χ1n) is 11.9. The summed E-state index contributed by atoms with van der Waals surface area (Å²) in [5, 5.41) is 19.0. The van der Waals surface area contributed by atoms with Crippen LogP contribution in [0, 0.1) is 16.7 Å². The highest BCUT2D eigenvalue weighted by Gasteiger charge is 2.51. The Kier molecular flexibility index (Phi) is 6.49. The molecule has 0 aromatic heterocycles. The third-order valence-corrected chi connectivity index (χ3v) is 7.80. The van der Waals surface area contributed by atoms with Gasteiger partial charge in [-0.25, -0.2) is 0 Å². The highest BCUT2D eigenvalue weighted by atomic mass is 19.4. The Balaban J connectivity index is 1.40. The summed E-state index contributed by atoms with van der Waals surface area (Å²) < 4.78 is 39.4. The van der Waals surface area contributed by atoms with Crippen LogP contribution in [0.4, 0.5) is 13.2 Å². The number of amides is 1. The number of rotatable bonds is 7. The fourth-order valence-electron chi connectivity index (χ4n) is 5.30. The molecule has 1 aromatic carbocycles. The summed E-state index contributed by atoms with van der Waals surface area (Å²) >= 11 is 0. The molecule has 4 rings (SSSR count). The Morgan fingerprint density at radius 1 is 1.15 bits per heavy atom. The molecule has 0 unspecified atom stereocenters. The standard InChI is InChI=1S/C25H32F3N3O2/c1-23(33,25(26,27)28)19-5-3-18(4-6-19)22(32)31(20-7-8-20)21-9-15-30(16-10-21)17-24(13-14-29)11-2-12-24/h3-6,20-21,33H,2,7-13,15-17H2,1H3/t23-/m0/s1. The summed E-state index contributed by atoms with van der Waals surface area (Å²) in [7, 11) is 0. The van der Waals surface area contributed by atoms with Crippen LogP contribution in [-0.2, 0) is 5.60 Å². The van der Waals surface area contributed by atoms with E-state index in [1.54, 1.807) is 0 Å². The summed E-state index contributed by atoms with van der Waals surface area (Å²) in [5.74, 6) is -0.144. The van der Waals surface area contributed by atoms with Crippen molar-refractivity contribution < 1.29 is 23.1 Å². The normalized spacial score (nSPS) is 23.3. The molecule has 0 radical (unpaired) electrons.